The van der Waals surface area contributed by atoms with Gasteiger partial charge in [0, 0.05) is 18.2 Å². The highest BCUT2D eigenvalue weighted by Gasteiger charge is 2.26. The summed E-state index contributed by atoms with van der Waals surface area (Å²) in [4.78, 5) is 17.8. The highest BCUT2D eigenvalue weighted by atomic mass is 35.5. The van der Waals surface area contributed by atoms with Gasteiger partial charge in [-0.2, -0.15) is 0 Å². The molecule has 1 aliphatic heterocycles. The van der Waals surface area contributed by atoms with E-state index >= 15 is 0 Å². The molecule has 1 fully saturated rings. The van der Waals surface area contributed by atoms with Gasteiger partial charge < -0.3 is 10.6 Å². The van der Waals surface area contributed by atoms with Crippen LogP contribution in [0.25, 0.3) is 0 Å². The van der Waals surface area contributed by atoms with Crippen LogP contribution < -0.4 is 5.73 Å². The summed E-state index contributed by atoms with van der Waals surface area (Å²) < 4.78 is 0. The van der Waals surface area contributed by atoms with Crippen LogP contribution in [0.3, 0.4) is 0 Å². The van der Waals surface area contributed by atoms with Crippen LogP contribution in [0.2, 0.25) is 5.15 Å². The molecule has 2 N–H and O–H groups in total. The highest BCUT2D eigenvalue weighted by molar-refractivity contribution is 6.29. The second kappa shape index (κ2) is 4.29. The molecule has 0 aromatic carbocycles. The largest absolute Gasteiger partial charge is 0.384 e. The van der Waals surface area contributed by atoms with E-state index in [1.807, 2.05) is 4.90 Å². The van der Waals surface area contributed by atoms with Gasteiger partial charge in [0.2, 0.25) is 0 Å². The van der Waals surface area contributed by atoms with Crippen molar-refractivity contribution in [2.75, 3.05) is 12.3 Å². The molecular formula is C11H14ClN3O. The molecule has 16 heavy (non-hydrogen) atoms. The van der Waals surface area contributed by atoms with Gasteiger partial charge in [-0.1, -0.05) is 11.6 Å². The zero-order valence-electron chi connectivity index (χ0n) is 9.11. The first kappa shape index (κ1) is 11.2. The number of carbonyl (C=O) groups excluding carboxylic acids is 1. The average molecular weight is 240 g/mol. The molecule has 5 heteroatoms. The fourth-order valence-corrected chi connectivity index (χ4v) is 2.26. The number of halogens is 1. The zero-order chi connectivity index (χ0) is 11.7. The van der Waals surface area contributed by atoms with E-state index in [1.54, 1.807) is 12.1 Å². The van der Waals surface area contributed by atoms with Gasteiger partial charge in [0.05, 0.1) is 0 Å². The first-order chi connectivity index (χ1) is 7.58. The fraction of sp³-hybridized carbons (Fsp3) is 0.455. The number of hydrogen-bond donors (Lipinski definition) is 1. The Balaban J connectivity index is 2.26. The van der Waals surface area contributed by atoms with Crippen LogP contribution in [0.5, 0.6) is 0 Å². The fourth-order valence-electron chi connectivity index (χ4n) is 2.04. The molecular weight excluding hydrogens is 226 g/mol. The molecule has 4 nitrogen and oxygen atoms in total. The van der Waals surface area contributed by atoms with E-state index in [4.69, 9.17) is 17.3 Å². The Hall–Kier alpha value is -1.29. The van der Waals surface area contributed by atoms with E-state index < -0.39 is 0 Å². The van der Waals surface area contributed by atoms with E-state index in [2.05, 4.69) is 11.9 Å². The van der Waals surface area contributed by atoms with Gasteiger partial charge in [0.25, 0.3) is 5.91 Å². The number of nitrogens with two attached hydrogens (primary N) is 1. The van der Waals surface area contributed by atoms with Gasteiger partial charge in [0.1, 0.15) is 11.0 Å². The molecule has 86 valence electrons. The number of likely N-dealkylation sites (tertiary alicyclic amines) is 1. The van der Waals surface area contributed by atoms with Crippen molar-refractivity contribution in [2.45, 2.75) is 25.8 Å². The Morgan fingerprint density at radius 2 is 2.38 bits per heavy atom. The van der Waals surface area contributed by atoms with Crippen LogP contribution in [0.4, 0.5) is 5.82 Å². The van der Waals surface area contributed by atoms with Crippen molar-refractivity contribution >= 4 is 23.3 Å². The molecule has 1 saturated heterocycles. The SMILES string of the molecule is CC1CCCN1C(=O)c1cc(N)nc(Cl)c1. The minimum atomic E-state index is -0.0130. The van der Waals surface area contributed by atoms with E-state index in [0.717, 1.165) is 19.4 Å². The molecule has 1 aliphatic rings. The van der Waals surface area contributed by atoms with Crippen molar-refractivity contribution in [2.24, 2.45) is 0 Å². The van der Waals surface area contributed by atoms with Crippen LogP contribution >= 0.6 is 11.6 Å². The lowest BCUT2D eigenvalue weighted by molar-refractivity contribution is 0.0747. The summed E-state index contributed by atoms with van der Waals surface area (Å²) in [5.74, 6) is 0.267. The van der Waals surface area contributed by atoms with Gasteiger partial charge in [-0.25, -0.2) is 4.98 Å². The Morgan fingerprint density at radius 3 is 2.94 bits per heavy atom. The number of amides is 1. The lowest BCUT2D eigenvalue weighted by atomic mass is 10.2. The maximum atomic E-state index is 12.1. The average Bonchev–Trinajstić information content (AvgIpc) is 2.62. The molecule has 1 aromatic rings. The molecule has 0 aliphatic carbocycles. The molecule has 1 atom stereocenters. The van der Waals surface area contributed by atoms with Crippen LogP contribution in [0.15, 0.2) is 12.1 Å². The van der Waals surface area contributed by atoms with Gasteiger partial charge in [0.15, 0.2) is 0 Å². The number of rotatable bonds is 1. The summed E-state index contributed by atoms with van der Waals surface area (Å²) in [5, 5.41) is 0.259. The first-order valence-electron chi connectivity index (χ1n) is 5.32. The monoisotopic (exact) mass is 239 g/mol. The van der Waals surface area contributed by atoms with Gasteiger partial charge >= 0.3 is 0 Å². The number of hydrogen-bond acceptors (Lipinski definition) is 3. The van der Waals surface area contributed by atoms with E-state index in [9.17, 15) is 4.79 Å². The van der Waals surface area contributed by atoms with Crippen molar-refractivity contribution in [3.05, 3.63) is 22.8 Å². The first-order valence-corrected chi connectivity index (χ1v) is 5.70. The van der Waals surface area contributed by atoms with E-state index in [0.29, 0.717) is 11.6 Å². The Bertz CT molecular complexity index is 401. The van der Waals surface area contributed by atoms with Crippen molar-refractivity contribution in [1.82, 2.24) is 9.88 Å². The highest BCUT2D eigenvalue weighted by Crippen LogP contribution is 2.21. The van der Waals surface area contributed by atoms with Crippen LogP contribution in [-0.4, -0.2) is 28.4 Å². The van der Waals surface area contributed by atoms with Gasteiger partial charge in [-0.3, -0.25) is 4.79 Å². The van der Waals surface area contributed by atoms with E-state index in [1.165, 1.54) is 0 Å². The Morgan fingerprint density at radius 1 is 1.62 bits per heavy atom. The lowest BCUT2D eigenvalue weighted by Gasteiger charge is -2.21. The number of nitrogens with zero attached hydrogens (tertiary/aromatic N) is 2. The van der Waals surface area contributed by atoms with Crippen molar-refractivity contribution in [1.29, 1.82) is 0 Å². The molecule has 1 unspecified atom stereocenters. The number of anilines is 1. The normalized spacial score (nSPS) is 20.1. The molecule has 2 rings (SSSR count). The molecule has 2 heterocycles. The number of pyridine rings is 1. The van der Waals surface area contributed by atoms with Crippen molar-refractivity contribution < 1.29 is 4.79 Å². The predicted molar refractivity (Wildman–Crippen MR) is 63.4 cm³/mol. The van der Waals surface area contributed by atoms with Crippen molar-refractivity contribution in [3.8, 4) is 0 Å². The second-order valence-corrected chi connectivity index (χ2v) is 4.48. The summed E-state index contributed by atoms with van der Waals surface area (Å²) in [7, 11) is 0. The summed E-state index contributed by atoms with van der Waals surface area (Å²) >= 11 is 5.78. The predicted octanol–water partition coefficient (Wildman–Crippen LogP) is 1.94. The number of aromatic nitrogens is 1. The third kappa shape index (κ3) is 2.11. The van der Waals surface area contributed by atoms with E-state index in [-0.39, 0.29) is 16.9 Å². The van der Waals surface area contributed by atoms with Crippen LogP contribution in [-0.2, 0) is 0 Å². The molecule has 0 saturated carbocycles. The standard InChI is InChI=1S/C11H14ClN3O/c1-7-3-2-4-15(7)11(16)8-5-9(12)14-10(13)6-8/h5-7H,2-4H2,1H3,(H2,13,14). The van der Waals surface area contributed by atoms with Crippen LogP contribution in [0, 0.1) is 0 Å². The molecule has 1 amide bonds. The summed E-state index contributed by atoms with van der Waals surface area (Å²) in [6.45, 7) is 2.86. The Labute approximate surface area is 99.4 Å². The number of carbonyl (C=O) groups is 1. The third-order valence-corrected chi connectivity index (χ3v) is 3.07. The minimum absolute atomic E-state index is 0.0130. The maximum absolute atomic E-state index is 12.1. The molecule has 1 aromatic heterocycles. The molecule has 0 radical (unpaired) electrons. The Kier molecular flexibility index (Phi) is 3.01. The summed E-state index contributed by atoms with van der Waals surface area (Å²) in [6.07, 6.45) is 2.11. The third-order valence-electron chi connectivity index (χ3n) is 2.87. The minimum Gasteiger partial charge on any atom is -0.384 e. The maximum Gasteiger partial charge on any atom is 0.254 e. The molecule has 0 bridgehead atoms. The number of nitrogen functional groups attached to an aromatic ring is 1. The summed E-state index contributed by atoms with van der Waals surface area (Å²) in [5.41, 5.74) is 6.08. The topological polar surface area (TPSA) is 59.2 Å². The molecule has 0 spiro atoms. The summed E-state index contributed by atoms with van der Waals surface area (Å²) in [6, 6.07) is 3.42. The van der Waals surface area contributed by atoms with Crippen molar-refractivity contribution in [3.63, 3.8) is 0 Å². The lowest BCUT2D eigenvalue weighted by Crippen LogP contribution is -2.33. The van der Waals surface area contributed by atoms with Crippen LogP contribution in [0.1, 0.15) is 30.1 Å². The quantitative estimate of drug-likeness (QED) is 0.762. The smallest absolute Gasteiger partial charge is 0.254 e. The van der Waals surface area contributed by atoms with Gasteiger partial charge in [-0.05, 0) is 31.9 Å². The second-order valence-electron chi connectivity index (χ2n) is 4.09. The van der Waals surface area contributed by atoms with Gasteiger partial charge in [-0.15, -0.1) is 0 Å². The zero-order valence-corrected chi connectivity index (χ0v) is 9.87.